The molecular formula is C26H47N. The summed E-state index contributed by atoms with van der Waals surface area (Å²) >= 11 is 0. The summed E-state index contributed by atoms with van der Waals surface area (Å²) in [6, 6.07) is 0.940. The number of hydrogen-bond donors (Lipinski definition) is 1. The summed E-state index contributed by atoms with van der Waals surface area (Å²) in [6.45, 7) is 9.04. The molecule has 0 aliphatic heterocycles. The third kappa shape index (κ3) is 18.1. The largest absolute Gasteiger partial charge is 0.304 e. The maximum Gasteiger partial charge on any atom is 0.0253 e. The number of unbranched alkanes of at least 4 members (excludes halogenated alkanes) is 6. The Kier molecular flexibility index (Phi) is 20.4. The smallest absolute Gasteiger partial charge is 0.0253 e. The van der Waals surface area contributed by atoms with Crippen LogP contribution in [0.1, 0.15) is 105 Å². The molecule has 0 heterocycles. The van der Waals surface area contributed by atoms with Gasteiger partial charge in [0.25, 0.3) is 0 Å². The van der Waals surface area contributed by atoms with Crippen LogP contribution in [0.2, 0.25) is 0 Å². The van der Waals surface area contributed by atoms with Crippen LogP contribution in [0.3, 0.4) is 0 Å². The maximum absolute atomic E-state index is 3.77. The summed E-state index contributed by atoms with van der Waals surface area (Å²) in [4.78, 5) is 0. The first-order valence-electron chi connectivity index (χ1n) is 11.7. The molecule has 0 rings (SSSR count). The Bertz CT molecular complexity index is 364. The summed E-state index contributed by atoms with van der Waals surface area (Å²) < 4.78 is 0. The van der Waals surface area contributed by atoms with Crippen molar-refractivity contribution < 1.29 is 0 Å². The van der Waals surface area contributed by atoms with E-state index < -0.39 is 0 Å². The predicted molar refractivity (Wildman–Crippen MR) is 125 cm³/mol. The molecule has 0 saturated carbocycles. The molecule has 1 N–H and O–H groups in total. The van der Waals surface area contributed by atoms with Gasteiger partial charge in [-0.05, 0) is 51.4 Å². The van der Waals surface area contributed by atoms with Gasteiger partial charge in [0.2, 0.25) is 0 Å². The number of nitrogens with one attached hydrogen (secondary N) is 1. The second-order valence-electron chi connectivity index (χ2n) is 7.46. The Balaban J connectivity index is 4.08. The maximum atomic E-state index is 3.77. The fourth-order valence-electron chi connectivity index (χ4n) is 2.99. The van der Waals surface area contributed by atoms with Gasteiger partial charge in [-0.1, -0.05) is 102 Å². The highest BCUT2D eigenvalue weighted by Gasteiger charge is 2.06. The molecule has 0 aliphatic carbocycles. The van der Waals surface area contributed by atoms with Crippen LogP contribution in [-0.4, -0.2) is 12.1 Å². The van der Waals surface area contributed by atoms with Gasteiger partial charge < -0.3 is 5.32 Å². The van der Waals surface area contributed by atoms with E-state index in [0.717, 1.165) is 25.7 Å². The van der Waals surface area contributed by atoms with Crippen molar-refractivity contribution in [1.82, 2.24) is 5.32 Å². The van der Waals surface area contributed by atoms with Crippen molar-refractivity contribution in [3.05, 3.63) is 48.6 Å². The van der Waals surface area contributed by atoms with Crippen molar-refractivity contribution in [2.45, 2.75) is 117 Å². The van der Waals surface area contributed by atoms with E-state index in [2.05, 4.69) is 81.6 Å². The molecular weight excluding hydrogens is 326 g/mol. The lowest BCUT2D eigenvalue weighted by Crippen LogP contribution is -2.35. The Morgan fingerprint density at radius 3 is 1.37 bits per heavy atom. The van der Waals surface area contributed by atoms with Crippen molar-refractivity contribution in [2.75, 3.05) is 0 Å². The fourth-order valence-corrected chi connectivity index (χ4v) is 2.99. The molecule has 1 nitrogen and oxygen atoms in total. The minimum absolute atomic E-state index is 0.470. The van der Waals surface area contributed by atoms with Gasteiger partial charge in [-0.15, -0.1) is 0 Å². The van der Waals surface area contributed by atoms with E-state index in [4.69, 9.17) is 0 Å². The highest BCUT2D eigenvalue weighted by molar-refractivity contribution is 5.03. The molecule has 0 radical (unpaired) electrons. The number of allylic oxidation sites excluding steroid dienone is 6. The molecule has 2 atom stereocenters. The summed E-state index contributed by atoms with van der Waals surface area (Å²) in [5.74, 6) is 0. The SMILES string of the molecule is CCCCC/C=C/C/C=C/C(CC)NC(/C=C/C/C=C/CCCCC)CC. The Morgan fingerprint density at radius 2 is 1.00 bits per heavy atom. The Hall–Kier alpha value is -1.08. The number of rotatable bonds is 18. The van der Waals surface area contributed by atoms with Gasteiger partial charge in [0, 0.05) is 12.1 Å². The van der Waals surface area contributed by atoms with Crippen LogP contribution in [0.15, 0.2) is 48.6 Å². The molecule has 0 aliphatic rings. The quantitative estimate of drug-likeness (QED) is 0.188. The lowest BCUT2D eigenvalue weighted by Gasteiger charge is -2.19. The average molecular weight is 374 g/mol. The zero-order valence-electron chi connectivity index (χ0n) is 18.8. The van der Waals surface area contributed by atoms with E-state index in [9.17, 15) is 0 Å². The van der Waals surface area contributed by atoms with Gasteiger partial charge in [0.15, 0.2) is 0 Å². The third-order valence-electron chi connectivity index (χ3n) is 4.87. The average Bonchev–Trinajstić information content (AvgIpc) is 2.69. The van der Waals surface area contributed by atoms with Crippen LogP contribution in [0.4, 0.5) is 0 Å². The molecule has 1 heteroatoms. The van der Waals surface area contributed by atoms with E-state index in [-0.39, 0.29) is 0 Å². The first-order chi connectivity index (χ1) is 13.3. The Morgan fingerprint density at radius 1 is 0.556 bits per heavy atom. The standard InChI is InChI=1S/C26H47N/c1-5-9-11-13-15-17-19-21-23-25(7-3)27-26(8-4)24-22-20-18-16-14-12-10-6-2/h15-18,21-27H,5-14,19-20H2,1-4H3/b17-15+,18-16+,23-21+,24-22+. The van der Waals surface area contributed by atoms with Crippen molar-refractivity contribution in [3.63, 3.8) is 0 Å². The van der Waals surface area contributed by atoms with Gasteiger partial charge in [-0.2, -0.15) is 0 Å². The summed E-state index contributed by atoms with van der Waals surface area (Å²) in [5, 5.41) is 3.77. The molecule has 0 saturated heterocycles. The van der Waals surface area contributed by atoms with Gasteiger partial charge >= 0.3 is 0 Å². The van der Waals surface area contributed by atoms with Crippen molar-refractivity contribution in [3.8, 4) is 0 Å². The molecule has 0 bridgehead atoms. The van der Waals surface area contributed by atoms with Gasteiger partial charge in [-0.3, -0.25) is 0 Å². The predicted octanol–water partition coefficient (Wildman–Crippen LogP) is 8.30. The first kappa shape index (κ1) is 25.9. The molecule has 0 aromatic heterocycles. The third-order valence-corrected chi connectivity index (χ3v) is 4.87. The highest BCUT2D eigenvalue weighted by Crippen LogP contribution is 2.05. The monoisotopic (exact) mass is 373 g/mol. The lowest BCUT2D eigenvalue weighted by atomic mass is 10.1. The van der Waals surface area contributed by atoms with E-state index in [1.54, 1.807) is 0 Å². The number of hydrogen-bond acceptors (Lipinski definition) is 1. The van der Waals surface area contributed by atoms with Gasteiger partial charge in [-0.25, -0.2) is 0 Å². The van der Waals surface area contributed by atoms with E-state index in [1.165, 1.54) is 51.4 Å². The van der Waals surface area contributed by atoms with Gasteiger partial charge in [0.05, 0.1) is 0 Å². The fraction of sp³-hybridized carbons (Fsp3) is 0.692. The minimum Gasteiger partial charge on any atom is -0.304 e. The van der Waals surface area contributed by atoms with Crippen molar-refractivity contribution in [2.24, 2.45) is 0 Å². The van der Waals surface area contributed by atoms with E-state index >= 15 is 0 Å². The normalized spacial score (nSPS) is 15.0. The zero-order chi connectivity index (χ0) is 20.0. The van der Waals surface area contributed by atoms with E-state index in [0.29, 0.717) is 12.1 Å². The molecule has 0 aromatic rings. The van der Waals surface area contributed by atoms with Crippen molar-refractivity contribution >= 4 is 0 Å². The molecule has 156 valence electrons. The van der Waals surface area contributed by atoms with Crippen LogP contribution >= 0.6 is 0 Å². The molecule has 0 amide bonds. The van der Waals surface area contributed by atoms with E-state index in [1.807, 2.05) is 0 Å². The first-order valence-corrected chi connectivity index (χ1v) is 11.7. The molecule has 0 spiro atoms. The van der Waals surface area contributed by atoms with Gasteiger partial charge in [0.1, 0.15) is 0 Å². The summed E-state index contributed by atoms with van der Waals surface area (Å²) in [5.41, 5.74) is 0. The van der Waals surface area contributed by atoms with Crippen LogP contribution in [0.5, 0.6) is 0 Å². The van der Waals surface area contributed by atoms with Crippen molar-refractivity contribution in [1.29, 1.82) is 0 Å². The lowest BCUT2D eigenvalue weighted by molar-refractivity contribution is 0.507. The second-order valence-corrected chi connectivity index (χ2v) is 7.46. The molecule has 27 heavy (non-hydrogen) atoms. The summed E-state index contributed by atoms with van der Waals surface area (Å²) in [6.07, 6.45) is 33.4. The molecule has 0 fully saturated rings. The second kappa shape index (κ2) is 21.2. The zero-order valence-corrected chi connectivity index (χ0v) is 18.8. The summed E-state index contributed by atoms with van der Waals surface area (Å²) in [7, 11) is 0. The molecule has 2 unspecified atom stereocenters. The van der Waals surface area contributed by atoms with Crippen LogP contribution < -0.4 is 5.32 Å². The molecule has 0 aromatic carbocycles. The van der Waals surface area contributed by atoms with Crippen LogP contribution in [-0.2, 0) is 0 Å². The van der Waals surface area contributed by atoms with Crippen LogP contribution in [0, 0.1) is 0 Å². The minimum atomic E-state index is 0.470. The topological polar surface area (TPSA) is 12.0 Å². The Labute approximate surface area is 171 Å². The van der Waals surface area contributed by atoms with Crippen LogP contribution in [0.25, 0.3) is 0 Å². The highest BCUT2D eigenvalue weighted by atomic mass is 14.9.